The topological polar surface area (TPSA) is 101 Å². The molecule has 0 spiro atoms. The Balaban J connectivity index is 1.58. The first kappa shape index (κ1) is 21.4. The van der Waals surface area contributed by atoms with Crippen molar-refractivity contribution in [3.05, 3.63) is 53.7 Å². The van der Waals surface area contributed by atoms with Crippen LogP contribution in [-0.4, -0.2) is 57.0 Å². The van der Waals surface area contributed by atoms with E-state index in [9.17, 15) is 13.2 Å². The lowest BCUT2D eigenvalue weighted by Gasteiger charge is -2.26. The van der Waals surface area contributed by atoms with Crippen molar-refractivity contribution >= 4 is 32.5 Å². The average molecular weight is 444 g/mol. The number of ether oxygens (including phenoxy) is 2. The molecular formula is C22H25N3O5S. The number of para-hydroxylation sites is 1. The Morgan fingerprint density at radius 1 is 1.19 bits per heavy atom. The van der Waals surface area contributed by atoms with Crippen LogP contribution in [0.3, 0.4) is 0 Å². The third-order valence-corrected chi connectivity index (χ3v) is 7.32. The van der Waals surface area contributed by atoms with Gasteiger partial charge < -0.3 is 19.8 Å². The van der Waals surface area contributed by atoms with Gasteiger partial charge in [0.1, 0.15) is 10.6 Å². The molecule has 1 amide bonds. The van der Waals surface area contributed by atoms with Gasteiger partial charge in [0.2, 0.25) is 15.9 Å². The molecule has 164 valence electrons. The maximum absolute atomic E-state index is 13.1. The molecule has 1 aliphatic rings. The molecule has 2 heterocycles. The van der Waals surface area contributed by atoms with Crippen molar-refractivity contribution in [1.29, 1.82) is 0 Å². The zero-order chi connectivity index (χ0) is 22.0. The molecule has 1 aromatic heterocycles. The van der Waals surface area contributed by atoms with E-state index in [1.54, 1.807) is 12.1 Å². The Morgan fingerprint density at radius 2 is 1.94 bits per heavy atom. The number of hydrogen-bond acceptors (Lipinski definition) is 5. The minimum absolute atomic E-state index is 0.0259. The van der Waals surface area contributed by atoms with Gasteiger partial charge in [-0.15, -0.1) is 0 Å². The molecule has 0 unspecified atom stereocenters. The smallest absolute Gasteiger partial charge is 0.246 e. The van der Waals surface area contributed by atoms with Crippen LogP contribution in [0.25, 0.3) is 10.9 Å². The van der Waals surface area contributed by atoms with Crippen molar-refractivity contribution < 1.29 is 22.7 Å². The number of nitrogens with one attached hydrogen (secondary N) is 2. The van der Waals surface area contributed by atoms with Crippen molar-refractivity contribution in [2.24, 2.45) is 0 Å². The predicted molar refractivity (Wildman–Crippen MR) is 118 cm³/mol. The standard InChI is InChI=1S/C22H25N3O5S/c1-15-18(17-5-3-4-6-19(17)23-15)14-22(26)24-16-7-8-20(29-2)21(13-16)31(27,28)25-9-11-30-12-10-25/h3-8,13,23H,9-12,14H2,1-2H3,(H,24,26). The zero-order valence-electron chi connectivity index (χ0n) is 17.5. The van der Waals surface area contributed by atoms with Crippen molar-refractivity contribution in [3.8, 4) is 5.75 Å². The number of benzene rings is 2. The first-order valence-corrected chi connectivity index (χ1v) is 11.5. The Morgan fingerprint density at radius 3 is 2.68 bits per heavy atom. The molecule has 8 nitrogen and oxygen atoms in total. The molecule has 2 aromatic carbocycles. The van der Waals surface area contributed by atoms with Crippen molar-refractivity contribution in [2.75, 3.05) is 38.7 Å². The molecule has 31 heavy (non-hydrogen) atoms. The number of carbonyl (C=O) groups excluding carboxylic acids is 1. The predicted octanol–water partition coefficient (Wildman–Crippen LogP) is 2.69. The highest BCUT2D eigenvalue weighted by Gasteiger charge is 2.29. The quantitative estimate of drug-likeness (QED) is 0.610. The summed E-state index contributed by atoms with van der Waals surface area (Å²) < 4.78 is 38.2. The number of carbonyl (C=O) groups is 1. The summed E-state index contributed by atoms with van der Waals surface area (Å²) in [6.45, 7) is 3.19. The highest BCUT2D eigenvalue weighted by atomic mass is 32.2. The van der Waals surface area contributed by atoms with Gasteiger partial charge in [0.15, 0.2) is 0 Å². The Bertz CT molecular complexity index is 1210. The normalized spacial score (nSPS) is 15.2. The molecule has 1 fully saturated rings. The third kappa shape index (κ3) is 4.30. The van der Waals surface area contributed by atoms with E-state index < -0.39 is 10.0 Å². The highest BCUT2D eigenvalue weighted by molar-refractivity contribution is 7.89. The fraction of sp³-hybridized carbons (Fsp3) is 0.318. The van der Waals surface area contributed by atoms with E-state index in [0.29, 0.717) is 18.9 Å². The highest BCUT2D eigenvalue weighted by Crippen LogP contribution is 2.30. The minimum atomic E-state index is -3.78. The second kappa shape index (κ2) is 8.70. The maximum atomic E-state index is 13.1. The molecule has 1 aliphatic heterocycles. The lowest BCUT2D eigenvalue weighted by molar-refractivity contribution is -0.115. The van der Waals surface area contributed by atoms with Gasteiger partial charge in [-0.05, 0) is 36.8 Å². The fourth-order valence-electron chi connectivity index (χ4n) is 3.81. The third-order valence-electron chi connectivity index (χ3n) is 5.40. The molecule has 4 rings (SSSR count). The van der Waals surface area contributed by atoms with Crippen LogP contribution in [0.15, 0.2) is 47.4 Å². The molecule has 0 radical (unpaired) electrons. The summed E-state index contributed by atoms with van der Waals surface area (Å²) in [5.74, 6) is 0.00436. The van der Waals surface area contributed by atoms with Crippen molar-refractivity contribution in [1.82, 2.24) is 9.29 Å². The van der Waals surface area contributed by atoms with Gasteiger partial charge in [-0.3, -0.25) is 4.79 Å². The van der Waals surface area contributed by atoms with Crippen LogP contribution in [0, 0.1) is 6.92 Å². The van der Waals surface area contributed by atoms with Gasteiger partial charge in [0.05, 0.1) is 26.7 Å². The summed E-state index contributed by atoms with van der Waals surface area (Å²) >= 11 is 0. The van der Waals surface area contributed by atoms with Gasteiger partial charge in [-0.1, -0.05) is 18.2 Å². The summed E-state index contributed by atoms with van der Waals surface area (Å²) in [4.78, 5) is 16.1. The number of sulfonamides is 1. The van der Waals surface area contributed by atoms with E-state index in [1.807, 2.05) is 31.2 Å². The number of aromatic nitrogens is 1. The van der Waals surface area contributed by atoms with Gasteiger partial charge in [-0.2, -0.15) is 4.31 Å². The maximum Gasteiger partial charge on any atom is 0.246 e. The first-order valence-electron chi connectivity index (χ1n) is 10.0. The van der Waals surface area contributed by atoms with Crippen LogP contribution in [0.5, 0.6) is 5.75 Å². The van der Waals surface area contributed by atoms with Crippen LogP contribution in [-0.2, 0) is 26.0 Å². The van der Waals surface area contributed by atoms with E-state index in [1.165, 1.54) is 17.5 Å². The second-order valence-electron chi connectivity index (χ2n) is 7.38. The molecule has 9 heteroatoms. The van der Waals surface area contributed by atoms with Crippen LogP contribution >= 0.6 is 0 Å². The summed E-state index contributed by atoms with van der Waals surface area (Å²) in [7, 11) is -2.35. The lowest BCUT2D eigenvalue weighted by atomic mass is 10.1. The lowest BCUT2D eigenvalue weighted by Crippen LogP contribution is -2.40. The SMILES string of the molecule is COc1ccc(NC(=O)Cc2c(C)[nH]c3ccccc23)cc1S(=O)(=O)N1CCOCC1. The van der Waals surface area contributed by atoms with Crippen LogP contribution in [0.1, 0.15) is 11.3 Å². The Labute approximate surface area is 181 Å². The number of aromatic amines is 1. The summed E-state index contributed by atoms with van der Waals surface area (Å²) in [6, 6.07) is 12.5. The number of rotatable bonds is 6. The van der Waals surface area contributed by atoms with E-state index in [2.05, 4.69) is 10.3 Å². The number of hydrogen-bond donors (Lipinski definition) is 2. The fourth-order valence-corrected chi connectivity index (χ4v) is 5.40. The number of aryl methyl sites for hydroxylation is 1. The van der Waals surface area contributed by atoms with E-state index in [4.69, 9.17) is 9.47 Å². The molecular weight excluding hydrogens is 418 g/mol. The van der Waals surface area contributed by atoms with E-state index in [-0.39, 0.29) is 36.1 Å². The van der Waals surface area contributed by atoms with Crippen molar-refractivity contribution in [2.45, 2.75) is 18.2 Å². The minimum Gasteiger partial charge on any atom is -0.495 e. The van der Waals surface area contributed by atoms with Crippen LogP contribution in [0.4, 0.5) is 5.69 Å². The number of amides is 1. The largest absolute Gasteiger partial charge is 0.495 e. The van der Waals surface area contributed by atoms with Gasteiger partial charge in [0.25, 0.3) is 0 Å². The van der Waals surface area contributed by atoms with Crippen LogP contribution in [0.2, 0.25) is 0 Å². The molecule has 2 N–H and O–H groups in total. The molecule has 0 atom stereocenters. The zero-order valence-corrected chi connectivity index (χ0v) is 18.3. The average Bonchev–Trinajstić information content (AvgIpc) is 3.09. The first-order chi connectivity index (χ1) is 14.9. The molecule has 0 bridgehead atoms. The number of fused-ring (bicyclic) bond motifs is 1. The Kier molecular flexibility index (Phi) is 5.99. The van der Waals surface area contributed by atoms with Gasteiger partial charge in [0, 0.05) is 35.4 Å². The monoisotopic (exact) mass is 443 g/mol. The number of morpholine rings is 1. The molecule has 0 saturated carbocycles. The van der Waals surface area contributed by atoms with E-state index in [0.717, 1.165) is 22.2 Å². The van der Waals surface area contributed by atoms with E-state index >= 15 is 0 Å². The molecule has 1 saturated heterocycles. The second-order valence-corrected chi connectivity index (χ2v) is 9.29. The number of anilines is 1. The van der Waals surface area contributed by atoms with Crippen LogP contribution < -0.4 is 10.1 Å². The van der Waals surface area contributed by atoms with Gasteiger partial charge in [-0.25, -0.2) is 8.42 Å². The van der Waals surface area contributed by atoms with Crippen molar-refractivity contribution in [3.63, 3.8) is 0 Å². The number of methoxy groups -OCH3 is 1. The molecule has 0 aliphatic carbocycles. The summed E-state index contributed by atoms with van der Waals surface area (Å²) in [6.07, 6.45) is 0.174. The van der Waals surface area contributed by atoms with Gasteiger partial charge >= 0.3 is 0 Å². The summed E-state index contributed by atoms with van der Waals surface area (Å²) in [5.41, 5.74) is 3.23. The number of nitrogens with zero attached hydrogens (tertiary/aromatic N) is 1. The summed E-state index contributed by atoms with van der Waals surface area (Å²) in [5, 5.41) is 3.82. The number of H-pyrrole nitrogens is 1. The Hall–Kier alpha value is -2.88. The molecule has 3 aromatic rings.